The van der Waals surface area contributed by atoms with Gasteiger partial charge in [-0.3, -0.25) is 38.7 Å². The third-order valence-electron chi connectivity index (χ3n) is 7.85. The van der Waals surface area contributed by atoms with Crippen LogP contribution in [0.5, 0.6) is 0 Å². The molecule has 3 aliphatic rings. The van der Waals surface area contributed by atoms with Crippen LogP contribution >= 0.6 is 24.4 Å². The predicted octanol–water partition coefficient (Wildman–Crippen LogP) is 0.146. The van der Waals surface area contributed by atoms with Crippen LogP contribution in [0.3, 0.4) is 0 Å². The molecule has 3 aliphatic heterocycles. The second-order valence-electron chi connectivity index (χ2n) is 12.3. The van der Waals surface area contributed by atoms with E-state index in [9.17, 15) is 39.3 Å². The van der Waals surface area contributed by atoms with Gasteiger partial charge in [-0.1, -0.05) is 24.3 Å². The number of hydrogen-bond donors (Lipinski definition) is 9. The van der Waals surface area contributed by atoms with Crippen LogP contribution < -0.4 is 31.9 Å². The van der Waals surface area contributed by atoms with Crippen LogP contribution in [0.1, 0.15) is 24.0 Å². The molecule has 0 radical (unpaired) electrons. The Labute approximate surface area is 318 Å². The average Bonchev–Trinajstić information content (AvgIpc) is 3.09. The number of carbonyl (C=O) groups excluding carboxylic acids is 2. The van der Waals surface area contributed by atoms with E-state index in [1.165, 1.54) is 14.7 Å². The highest BCUT2D eigenvalue weighted by Crippen LogP contribution is 2.11. The van der Waals surface area contributed by atoms with Gasteiger partial charge >= 0.3 is 17.9 Å². The van der Waals surface area contributed by atoms with Gasteiger partial charge in [0.2, 0.25) is 11.8 Å². The average molecular weight is 774 g/mol. The van der Waals surface area contributed by atoms with Gasteiger partial charge in [-0.15, -0.1) is 0 Å². The predicted molar refractivity (Wildman–Crippen MR) is 206 cm³/mol. The molecule has 288 valence electrons. The van der Waals surface area contributed by atoms with Gasteiger partial charge in [0, 0.05) is 63.7 Å². The van der Waals surface area contributed by atoms with Gasteiger partial charge in [-0.2, -0.15) is 0 Å². The van der Waals surface area contributed by atoms with Crippen molar-refractivity contribution in [2.75, 3.05) is 82.6 Å². The zero-order valence-electron chi connectivity index (χ0n) is 29.3. The number of carboxylic acid groups (broad SMARTS) is 3. The van der Waals surface area contributed by atoms with E-state index in [-0.39, 0.29) is 52.4 Å². The molecule has 2 amide bonds. The highest BCUT2D eigenvalue weighted by Gasteiger charge is 2.20. The zero-order chi connectivity index (χ0) is 38.6. The van der Waals surface area contributed by atoms with E-state index in [0.717, 1.165) is 35.3 Å². The van der Waals surface area contributed by atoms with Gasteiger partial charge < -0.3 is 47.2 Å². The Hall–Kier alpha value is -4.95. The molecule has 4 bridgehead atoms. The van der Waals surface area contributed by atoms with Gasteiger partial charge in [-0.25, -0.2) is 0 Å². The van der Waals surface area contributed by atoms with E-state index in [0.29, 0.717) is 23.3 Å². The number of nitrogens with zero attached hydrogens (tertiary/aromatic N) is 3. The van der Waals surface area contributed by atoms with Gasteiger partial charge in [-0.05, 0) is 72.7 Å². The standard InChI is InChI=1S/C34H47N9O8S2/c44-28-19-42(22-31(48)49)15-13-41(21-30(46)47)14-16-43(23-32(50)51)20-29(45)38-18-25-5-9-27(10-6-25)40-34(53)36-12-2-1-11-35-33(52)39-26-7-3-24(4-8-26)17-37-28/h3-10H,1-2,11-23H2,(H,37,44)(H,38,45)(H,46,47)(H,48,49)(H,50,51)(H2,35,39,52)(H2,36,40,53). The van der Waals surface area contributed by atoms with Crippen LogP contribution in [0.2, 0.25) is 0 Å². The first-order chi connectivity index (χ1) is 25.3. The molecular weight excluding hydrogens is 727 g/mol. The Morgan fingerprint density at radius 3 is 1.25 bits per heavy atom. The van der Waals surface area contributed by atoms with Crippen molar-refractivity contribution < 1.29 is 39.3 Å². The first-order valence-electron chi connectivity index (χ1n) is 17.0. The molecule has 0 aliphatic carbocycles. The largest absolute Gasteiger partial charge is 0.480 e. The maximum Gasteiger partial charge on any atom is 0.317 e. The second-order valence-corrected chi connectivity index (χ2v) is 13.1. The summed E-state index contributed by atoms with van der Waals surface area (Å²) < 4.78 is 0. The van der Waals surface area contributed by atoms with Crippen LogP contribution in [-0.4, -0.2) is 142 Å². The number of hydrogen-bond acceptors (Lipinski definition) is 10. The molecule has 0 spiro atoms. The SMILES string of the molecule is O=C(O)CN1CCN(CC(=O)O)CC(=O)NCc2ccc(cc2)NC(=S)NCCCCNC(=S)Nc2ccc(cc2)CNC(=O)CN(CC(=O)O)CC1. The van der Waals surface area contributed by atoms with Crippen LogP contribution in [-0.2, 0) is 37.1 Å². The molecule has 0 saturated carbocycles. The first kappa shape index (κ1) is 42.5. The maximum atomic E-state index is 12.8. The number of carbonyl (C=O) groups is 5. The lowest BCUT2D eigenvalue weighted by molar-refractivity contribution is -0.141. The molecule has 2 aromatic rings. The molecule has 0 saturated heterocycles. The number of aliphatic carboxylic acids is 3. The zero-order valence-corrected chi connectivity index (χ0v) is 30.9. The third kappa shape index (κ3) is 18.4. The Bertz CT molecular complexity index is 1460. The minimum Gasteiger partial charge on any atom is -0.480 e. The van der Waals surface area contributed by atoms with Gasteiger partial charge in [0.1, 0.15) is 0 Å². The number of anilines is 2. The summed E-state index contributed by atoms with van der Waals surface area (Å²) >= 11 is 10.8. The van der Waals surface area contributed by atoms with Crippen molar-refractivity contribution in [1.29, 1.82) is 0 Å². The monoisotopic (exact) mass is 773 g/mol. The van der Waals surface area contributed by atoms with E-state index >= 15 is 0 Å². The topological polar surface area (TPSA) is 228 Å². The van der Waals surface area contributed by atoms with Gasteiger partial charge in [0.25, 0.3) is 0 Å². The Balaban J connectivity index is 1.70. The molecule has 0 atom stereocenters. The van der Waals surface area contributed by atoms with Crippen molar-refractivity contribution >= 4 is 75.8 Å². The fourth-order valence-electron chi connectivity index (χ4n) is 5.17. The Morgan fingerprint density at radius 2 is 0.887 bits per heavy atom. The quantitative estimate of drug-likeness (QED) is 0.178. The summed E-state index contributed by atoms with van der Waals surface area (Å²) in [6, 6.07) is 14.6. The van der Waals surface area contributed by atoms with Crippen molar-refractivity contribution in [2.24, 2.45) is 0 Å². The lowest BCUT2D eigenvalue weighted by Crippen LogP contribution is -2.47. The van der Waals surface area contributed by atoms with Crippen molar-refractivity contribution in [1.82, 2.24) is 36.0 Å². The molecule has 0 unspecified atom stereocenters. The number of benzene rings is 2. The lowest BCUT2D eigenvalue weighted by Gasteiger charge is -2.28. The summed E-state index contributed by atoms with van der Waals surface area (Å²) in [5.41, 5.74) is 3.13. The van der Waals surface area contributed by atoms with E-state index in [1.807, 2.05) is 48.5 Å². The van der Waals surface area contributed by atoms with Crippen LogP contribution in [0, 0.1) is 0 Å². The fraction of sp³-hybridized carbons (Fsp3) is 0.441. The van der Waals surface area contributed by atoms with Crippen LogP contribution in [0.15, 0.2) is 48.5 Å². The molecule has 5 rings (SSSR count). The highest BCUT2D eigenvalue weighted by molar-refractivity contribution is 7.80. The van der Waals surface area contributed by atoms with Gasteiger partial charge in [0.05, 0.1) is 32.7 Å². The minimum atomic E-state index is -1.16. The fourth-order valence-corrected chi connectivity index (χ4v) is 5.61. The Morgan fingerprint density at radius 1 is 0.547 bits per heavy atom. The first-order valence-corrected chi connectivity index (χ1v) is 17.8. The highest BCUT2D eigenvalue weighted by atomic mass is 32.1. The molecule has 17 nitrogen and oxygen atoms in total. The number of thiocarbonyl (C=S) groups is 2. The number of nitrogens with one attached hydrogen (secondary N) is 6. The molecule has 9 N–H and O–H groups in total. The third-order valence-corrected chi connectivity index (χ3v) is 8.35. The molecule has 53 heavy (non-hydrogen) atoms. The Kier molecular flexibility index (Phi) is 18.3. The molecule has 19 heteroatoms. The summed E-state index contributed by atoms with van der Waals surface area (Å²) in [5, 5.41) is 47.5. The number of carboxylic acids is 3. The summed E-state index contributed by atoms with van der Waals surface area (Å²) in [6.45, 7) is 0.0713. The van der Waals surface area contributed by atoms with E-state index in [4.69, 9.17) is 24.4 Å². The maximum absolute atomic E-state index is 12.8. The molecule has 2 aromatic carbocycles. The summed E-state index contributed by atoms with van der Waals surface area (Å²) in [7, 11) is 0. The van der Waals surface area contributed by atoms with Gasteiger partial charge in [0.15, 0.2) is 10.2 Å². The summed E-state index contributed by atoms with van der Waals surface area (Å²) in [6.07, 6.45) is 1.68. The van der Waals surface area contributed by atoms with Crippen LogP contribution in [0.4, 0.5) is 11.4 Å². The smallest absolute Gasteiger partial charge is 0.317 e. The normalized spacial score (nSPS) is 17.7. The van der Waals surface area contributed by atoms with Crippen molar-refractivity contribution in [2.45, 2.75) is 25.9 Å². The molecule has 0 aromatic heterocycles. The summed E-state index contributed by atoms with van der Waals surface area (Å²) in [5.74, 6) is -4.32. The minimum absolute atomic E-state index is 0.0390. The van der Waals surface area contributed by atoms with E-state index < -0.39 is 49.4 Å². The summed E-state index contributed by atoms with van der Waals surface area (Å²) in [4.78, 5) is 64.7. The second kappa shape index (κ2) is 22.9. The van der Waals surface area contributed by atoms with Crippen molar-refractivity contribution in [3.8, 4) is 0 Å². The number of amides is 2. The van der Waals surface area contributed by atoms with Crippen molar-refractivity contribution in [3.05, 3.63) is 59.7 Å². The number of fused-ring (bicyclic) bond motifs is 2. The van der Waals surface area contributed by atoms with E-state index in [1.54, 1.807) is 0 Å². The lowest BCUT2D eigenvalue weighted by atomic mass is 10.2. The van der Waals surface area contributed by atoms with Crippen LogP contribution in [0.25, 0.3) is 0 Å². The van der Waals surface area contributed by atoms with Crippen molar-refractivity contribution in [3.63, 3.8) is 0 Å². The van der Waals surface area contributed by atoms with E-state index in [2.05, 4.69) is 31.9 Å². The molecular formula is C34H47N9O8S2. The molecule has 3 heterocycles. The number of rotatable bonds is 6. The molecule has 0 fully saturated rings.